The molecule has 0 spiro atoms. The van der Waals surface area contributed by atoms with E-state index in [4.69, 9.17) is 0 Å². The zero-order valence-electron chi connectivity index (χ0n) is 14.2. The van der Waals surface area contributed by atoms with Crippen molar-refractivity contribution in [3.05, 3.63) is 29.6 Å². The van der Waals surface area contributed by atoms with Gasteiger partial charge >= 0.3 is 0 Å². The highest BCUT2D eigenvalue weighted by Gasteiger charge is 2.24. The third-order valence-electron chi connectivity index (χ3n) is 3.42. The molecule has 1 rings (SSSR count). The number of carbonyl (C=O) groups is 2. The zero-order chi connectivity index (χ0) is 18.5. The summed E-state index contributed by atoms with van der Waals surface area (Å²) in [6.07, 6.45) is 0. The van der Waals surface area contributed by atoms with Gasteiger partial charge in [-0.1, -0.05) is 13.8 Å². The smallest absolute Gasteiger partial charge is 0.254 e. The van der Waals surface area contributed by atoms with E-state index in [1.807, 2.05) is 0 Å². The molecule has 24 heavy (non-hydrogen) atoms. The molecule has 134 valence electrons. The van der Waals surface area contributed by atoms with Crippen LogP contribution < -0.4 is 5.32 Å². The first kappa shape index (κ1) is 20.0. The van der Waals surface area contributed by atoms with Gasteiger partial charge in [0.1, 0.15) is 5.82 Å². The van der Waals surface area contributed by atoms with Crippen LogP contribution in [0.1, 0.15) is 24.2 Å². The normalized spacial score (nSPS) is 11.4. The fourth-order valence-corrected chi connectivity index (χ4v) is 3.45. The summed E-state index contributed by atoms with van der Waals surface area (Å²) in [5.74, 6) is -2.07. The molecule has 0 radical (unpaired) electrons. The van der Waals surface area contributed by atoms with Crippen LogP contribution in [0.5, 0.6) is 0 Å². The average Bonchev–Trinajstić information content (AvgIpc) is 2.53. The Balaban J connectivity index is 3.10. The maximum atomic E-state index is 13.9. The maximum Gasteiger partial charge on any atom is 0.254 e. The molecule has 0 aromatic heterocycles. The van der Waals surface area contributed by atoms with E-state index in [9.17, 15) is 22.4 Å². The highest BCUT2D eigenvalue weighted by atomic mass is 32.2. The molecular weight excluding hydrogens is 337 g/mol. The van der Waals surface area contributed by atoms with Crippen LogP contribution in [-0.2, 0) is 14.8 Å². The van der Waals surface area contributed by atoms with Gasteiger partial charge in [0.05, 0.1) is 17.0 Å². The number of carbonyl (C=O) groups excluding carboxylic acids is 2. The number of likely N-dealkylation sites (N-methyl/N-ethyl adjacent to an activating group) is 1. The largest absolute Gasteiger partial charge is 0.347 e. The van der Waals surface area contributed by atoms with Crippen molar-refractivity contribution in [3.63, 3.8) is 0 Å². The molecule has 0 bridgehead atoms. The van der Waals surface area contributed by atoms with Crippen molar-refractivity contribution in [3.8, 4) is 0 Å². The van der Waals surface area contributed by atoms with Gasteiger partial charge in [0, 0.05) is 27.2 Å². The highest BCUT2D eigenvalue weighted by Crippen LogP contribution is 2.19. The highest BCUT2D eigenvalue weighted by molar-refractivity contribution is 7.89. The summed E-state index contributed by atoms with van der Waals surface area (Å²) in [5, 5.41) is 2.28. The Bertz CT molecular complexity index is 715. The van der Waals surface area contributed by atoms with Crippen LogP contribution in [0.15, 0.2) is 23.1 Å². The quantitative estimate of drug-likeness (QED) is 0.775. The second-order valence-electron chi connectivity index (χ2n) is 5.20. The van der Waals surface area contributed by atoms with Crippen molar-refractivity contribution >= 4 is 21.8 Å². The maximum absolute atomic E-state index is 13.9. The molecule has 1 aromatic carbocycles. The number of amides is 2. The van der Waals surface area contributed by atoms with E-state index >= 15 is 0 Å². The third-order valence-corrected chi connectivity index (χ3v) is 5.47. The van der Waals surface area contributed by atoms with Crippen molar-refractivity contribution < 1.29 is 22.4 Å². The third kappa shape index (κ3) is 4.51. The SMILES string of the molecule is CCN(CC)S(=O)(=O)c1ccc(F)c(C(=O)NCC(=O)N(C)C)c1. The summed E-state index contributed by atoms with van der Waals surface area (Å²) < 4.78 is 40.0. The van der Waals surface area contributed by atoms with Crippen molar-refractivity contribution in [2.24, 2.45) is 0 Å². The molecule has 0 saturated carbocycles. The summed E-state index contributed by atoms with van der Waals surface area (Å²) >= 11 is 0. The molecular formula is C15H22FN3O4S. The van der Waals surface area contributed by atoms with Gasteiger partial charge in [0.15, 0.2) is 0 Å². The number of hydrogen-bond acceptors (Lipinski definition) is 4. The molecule has 0 aliphatic rings. The number of benzene rings is 1. The van der Waals surface area contributed by atoms with Gasteiger partial charge in [-0.05, 0) is 18.2 Å². The summed E-state index contributed by atoms with van der Waals surface area (Å²) in [6, 6.07) is 3.03. The van der Waals surface area contributed by atoms with E-state index in [2.05, 4.69) is 5.32 Å². The Morgan fingerprint density at radius 3 is 2.25 bits per heavy atom. The zero-order valence-corrected chi connectivity index (χ0v) is 15.0. The second kappa shape index (κ2) is 8.20. The van der Waals surface area contributed by atoms with Crippen LogP contribution in [0.3, 0.4) is 0 Å². The monoisotopic (exact) mass is 359 g/mol. The van der Waals surface area contributed by atoms with Crippen LogP contribution in [0, 0.1) is 5.82 Å². The molecule has 0 atom stereocenters. The van der Waals surface area contributed by atoms with Gasteiger partial charge in [0.25, 0.3) is 5.91 Å². The Labute approximate surface area is 141 Å². The van der Waals surface area contributed by atoms with Crippen LogP contribution in [0.2, 0.25) is 0 Å². The number of sulfonamides is 1. The second-order valence-corrected chi connectivity index (χ2v) is 7.14. The molecule has 0 fully saturated rings. The Kier molecular flexibility index (Phi) is 6.85. The molecule has 0 aliphatic heterocycles. The van der Waals surface area contributed by atoms with Crippen molar-refractivity contribution in [1.82, 2.24) is 14.5 Å². The number of rotatable bonds is 7. The lowest BCUT2D eigenvalue weighted by Crippen LogP contribution is -2.36. The lowest BCUT2D eigenvalue weighted by atomic mass is 10.2. The summed E-state index contributed by atoms with van der Waals surface area (Å²) in [6.45, 7) is 3.58. The van der Waals surface area contributed by atoms with E-state index in [1.54, 1.807) is 13.8 Å². The van der Waals surface area contributed by atoms with E-state index in [1.165, 1.54) is 23.3 Å². The number of nitrogens with one attached hydrogen (secondary N) is 1. The van der Waals surface area contributed by atoms with E-state index in [-0.39, 0.29) is 30.4 Å². The molecule has 1 N–H and O–H groups in total. The molecule has 0 aliphatic carbocycles. The first-order valence-electron chi connectivity index (χ1n) is 7.43. The molecule has 0 saturated heterocycles. The predicted molar refractivity (Wildman–Crippen MR) is 87.5 cm³/mol. The number of halogens is 1. The minimum Gasteiger partial charge on any atom is -0.347 e. The van der Waals surface area contributed by atoms with Gasteiger partial charge in [-0.2, -0.15) is 4.31 Å². The number of hydrogen-bond donors (Lipinski definition) is 1. The molecule has 0 heterocycles. The fraction of sp³-hybridized carbons (Fsp3) is 0.467. The van der Waals surface area contributed by atoms with E-state index < -0.39 is 27.3 Å². The summed E-state index contributed by atoms with van der Waals surface area (Å²) in [7, 11) is -0.767. The van der Waals surface area contributed by atoms with Gasteiger partial charge in [-0.3, -0.25) is 9.59 Å². The predicted octanol–water partition coefficient (Wildman–Crippen LogP) is 0.674. The van der Waals surface area contributed by atoms with Gasteiger partial charge in [-0.15, -0.1) is 0 Å². The lowest BCUT2D eigenvalue weighted by Gasteiger charge is -2.19. The summed E-state index contributed by atoms with van der Waals surface area (Å²) in [5.41, 5.74) is -0.421. The number of nitrogens with zero attached hydrogens (tertiary/aromatic N) is 2. The first-order valence-corrected chi connectivity index (χ1v) is 8.87. The Hall–Kier alpha value is -2.00. The van der Waals surface area contributed by atoms with Gasteiger partial charge in [0.2, 0.25) is 15.9 Å². The average molecular weight is 359 g/mol. The summed E-state index contributed by atoms with van der Waals surface area (Å²) in [4.78, 5) is 24.6. The minimum absolute atomic E-state index is 0.170. The minimum atomic E-state index is -3.81. The van der Waals surface area contributed by atoms with Crippen molar-refractivity contribution in [2.75, 3.05) is 33.7 Å². The Morgan fingerprint density at radius 2 is 1.75 bits per heavy atom. The molecule has 1 aromatic rings. The van der Waals surface area contributed by atoms with Crippen LogP contribution >= 0.6 is 0 Å². The van der Waals surface area contributed by atoms with Gasteiger partial charge in [-0.25, -0.2) is 12.8 Å². The van der Waals surface area contributed by atoms with Crippen molar-refractivity contribution in [1.29, 1.82) is 0 Å². The molecule has 9 heteroatoms. The van der Waals surface area contributed by atoms with Crippen LogP contribution in [0.25, 0.3) is 0 Å². The van der Waals surface area contributed by atoms with Crippen LogP contribution in [-0.4, -0.2) is 63.2 Å². The fourth-order valence-electron chi connectivity index (χ4n) is 1.96. The molecule has 2 amide bonds. The Morgan fingerprint density at radius 1 is 1.17 bits per heavy atom. The molecule has 0 unspecified atom stereocenters. The van der Waals surface area contributed by atoms with E-state index in [0.29, 0.717) is 0 Å². The van der Waals surface area contributed by atoms with Crippen LogP contribution in [0.4, 0.5) is 4.39 Å². The van der Waals surface area contributed by atoms with E-state index in [0.717, 1.165) is 18.2 Å². The van der Waals surface area contributed by atoms with Crippen molar-refractivity contribution in [2.45, 2.75) is 18.7 Å². The first-order chi connectivity index (χ1) is 11.1. The molecule has 7 nitrogen and oxygen atoms in total. The lowest BCUT2D eigenvalue weighted by molar-refractivity contribution is -0.127. The topological polar surface area (TPSA) is 86.8 Å². The van der Waals surface area contributed by atoms with Gasteiger partial charge < -0.3 is 10.2 Å². The standard InChI is InChI=1S/C15H22FN3O4S/c1-5-19(6-2)24(22,23)11-7-8-13(16)12(9-11)15(21)17-10-14(20)18(3)4/h7-9H,5-6,10H2,1-4H3,(H,17,21).